The molecule has 0 aliphatic rings. The summed E-state index contributed by atoms with van der Waals surface area (Å²) >= 11 is 3.46. The second kappa shape index (κ2) is 5.89. The Morgan fingerprint density at radius 3 is 2.59 bits per heavy atom. The maximum absolute atomic E-state index is 10.7. The van der Waals surface area contributed by atoms with E-state index in [9.17, 15) is 4.79 Å². The standard InChI is InChI=1S/C13H12O2S2/c14-12(15)8-10-4-1-2-5-11(10)9-17-13-6-3-7-16-13/h1-7H,8-9H2,(H,14,15). The van der Waals surface area contributed by atoms with Crippen LogP contribution in [0.1, 0.15) is 11.1 Å². The van der Waals surface area contributed by atoms with Gasteiger partial charge in [-0.25, -0.2) is 0 Å². The zero-order chi connectivity index (χ0) is 12.1. The van der Waals surface area contributed by atoms with Crippen LogP contribution in [0.5, 0.6) is 0 Å². The normalized spacial score (nSPS) is 10.4. The van der Waals surface area contributed by atoms with Gasteiger partial charge in [0, 0.05) is 5.75 Å². The molecule has 0 spiro atoms. The summed E-state index contributed by atoms with van der Waals surface area (Å²) in [5.74, 6) is 0.0443. The third-order valence-electron chi connectivity index (χ3n) is 2.33. The summed E-state index contributed by atoms with van der Waals surface area (Å²) in [5.41, 5.74) is 2.01. The minimum atomic E-state index is -0.779. The SMILES string of the molecule is O=C(O)Cc1ccccc1CSc1cccs1. The van der Waals surface area contributed by atoms with E-state index in [-0.39, 0.29) is 6.42 Å². The predicted octanol–water partition coefficient (Wildman–Crippen LogP) is 3.67. The van der Waals surface area contributed by atoms with Crippen molar-refractivity contribution in [2.45, 2.75) is 16.4 Å². The van der Waals surface area contributed by atoms with Crippen LogP contribution in [0.3, 0.4) is 0 Å². The van der Waals surface area contributed by atoms with Crippen LogP contribution < -0.4 is 0 Å². The molecule has 2 rings (SSSR count). The minimum Gasteiger partial charge on any atom is -0.481 e. The van der Waals surface area contributed by atoms with E-state index < -0.39 is 5.97 Å². The fourth-order valence-electron chi connectivity index (χ4n) is 1.53. The van der Waals surface area contributed by atoms with Crippen molar-refractivity contribution in [3.63, 3.8) is 0 Å². The first kappa shape index (κ1) is 12.2. The maximum Gasteiger partial charge on any atom is 0.307 e. The summed E-state index contributed by atoms with van der Waals surface area (Å²) in [5, 5.41) is 10.9. The highest BCUT2D eigenvalue weighted by molar-refractivity contribution is 8.00. The average molecular weight is 264 g/mol. The monoisotopic (exact) mass is 264 g/mol. The highest BCUT2D eigenvalue weighted by Crippen LogP contribution is 2.28. The number of thioether (sulfide) groups is 1. The average Bonchev–Trinajstić information content (AvgIpc) is 2.80. The number of benzene rings is 1. The molecule has 0 fully saturated rings. The molecule has 88 valence electrons. The quantitative estimate of drug-likeness (QED) is 0.837. The lowest BCUT2D eigenvalue weighted by molar-refractivity contribution is -0.136. The molecule has 0 aliphatic carbocycles. The van der Waals surface area contributed by atoms with Gasteiger partial charge in [0.2, 0.25) is 0 Å². The summed E-state index contributed by atoms with van der Waals surface area (Å²) in [6, 6.07) is 11.8. The Labute approximate surface area is 108 Å². The third kappa shape index (κ3) is 3.61. The van der Waals surface area contributed by atoms with Gasteiger partial charge in [-0.1, -0.05) is 30.3 Å². The zero-order valence-corrected chi connectivity index (χ0v) is 10.8. The number of rotatable bonds is 5. The molecule has 1 heterocycles. The first-order valence-corrected chi connectivity index (χ1v) is 7.07. The Kier molecular flexibility index (Phi) is 4.23. The van der Waals surface area contributed by atoms with E-state index in [0.717, 1.165) is 16.9 Å². The molecule has 0 aliphatic heterocycles. The van der Waals surface area contributed by atoms with Crippen molar-refractivity contribution in [3.8, 4) is 0 Å². The Bertz CT molecular complexity index is 492. The van der Waals surface area contributed by atoms with Crippen LogP contribution in [0.25, 0.3) is 0 Å². The van der Waals surface area contributed by atoms with Crippen LogP contribution in [0.15, 0.2) is 46.0 Å². The fraction of sp³-hybridized carbons (Fsp3) is 0.154. The van der Waals surface area contributed by atoms with E-state index in [4.69, 9.17) is 5.11 Å². The number of aliphatic carboxylic acids is 1. The van der Waals surface area contributed by atoms with Gasteiger partial charge in [-0.3, -0.25) is 4.79 Å². The molecule has 0 saturated carbocycles. The van der Waals surface area contributed by atoms with Gasteiger partial charge < -0.3 is 5.11 Å². The van der Waals surface area contributed by atoms with Gasteiger partial charge in [-0.05, 0) is 22.6 Å². The Hall–Kier alpha value is -1.26. The summed E-state index contributed by atoms with van der Waals surface area (Å²) in [6.07, 6.45) is 0.0984. The lowest BCUT2D eigenvalue weighted by atomic mass is 10.1. The van der Waals surface area contributed by atoms with Gasteiger partial charge in [-0.15, -0.1) is 23.1 Å². The highest BCUT2D eigenvalue weighted by atomic mass is 32.2. The lowest BCUT2D eigenvalue weighted by Crippen LogP contribution is -2.02. The van der Waals surface area contributed by atoms with Gasteiger partial charge in [0.25, 0.3) is 0 Å². The van der Waals surface area contributed by atoms with Crippen LogP contribution in [0.4, 0.5) is 0 Å². The second-order valence-electron chi connectivity index (χ2n) is 3.56. The van der Waals surface area contributed by atoms with Crippen molar-refractivity contribution < 1.29 is 9.90 Å². The first-order valence-electron chi connectivity index (χ1n) is 5.20. The number of thiophene rings is 1. The number of carbonyl (C=O) groups is 1. The van der Waals surface area contributed by atoms with E-state index in [2.05, 4.69) is 6.07 Å². The summed E-state index contributed by atoms with van der Waals surface area (Å²) in [7, 11) is 0. The fourth-order valence-corrected chi connectivity index (χ4v) is 3.35. The van der Waals surface area contributed by atoms with Gasteiger partial charge in [-0.2, -0.15) is 0 Å². The molecule has 2 nitrogen and oxygen atoms in total. The van der Waals surface area contributed by atoms with Crippen molar-refractivity contribution in [2.24, 2.45) is 0 Å². The smallest absolute Gasteiger partial charge is 0.307 e. The molecule has 4 heteroatoms. The Balaban J connectivity index is 2.06. The van der Waals surface area contributed by atoms with E-state index in [0.29, 0.717) is 0 Å². The van der Waals surface area contributed by atoms with Gasteiger partial charge >= 0.3 is 5.97 Å². The molecule has 1 aromatic heterocycles. The molecular formula is C13H12O2S2. The highest BCUT2D eigenvalue weighted by Gasteiger charge is 2.06. The first-order chi connectivity index (χ1) is 8.25. The number of carboxylic acid groups (broad SMARTS) is 1. The van der Waals surface area contributed by atoms with Crippen LogP contribution in [0, 0.1) is 0 Å². The summed E-state index contributed by atoms with van der Waals surface area (Å²) < 4.78 is 1.26. The number of hydrogen-bond acceptors (Lipinski definition) is 3. The van der Waals surface area contributed by atoms with E-state index in [1.807, 2.05) is 35.7 Å². The Morgan fingerprint density at radius 1 is 1.18 bits per heavy atom. The summed E-state index contributed by atoms with van der Waals surface area (Å²) in [4.78, 5) is 10.7. The summed E-state index contributed by atoms with van der Waals surface area (Å²) in [6.45, 7) is 0. The van der Waals surface area contributed by atoms with Gasteiger partial charge in [0.1, 0.15) is 0 Å². The van der Waals surface area contributed by atoms with Crippen molar-refractivity contribution in [3.05, 3.63) is 52.9 Å². The van der Waals surface area contributed by atoms with Crippen molar-refractivity contribution in [2.75, 3.05) is 0 Å². The van der Waals surface area contributed by atoms with Gasteiger partial charge in [0.05, 0.1) is 10.6 Å². The van der Waals surface area contributed by atoms with Crippen LogP contribution in [0.2, 0.25) is 0 Å². The van der Waals surface area contributed by atoms with E-state index >= 15 is 0 Å². The van der Waals surface area contributed by atoms with Crippen LogP contribution in [-0.4, -0.2) is 11.1 Å². The maximum atomic E-state index is 10.7. The molecule has 0 unspecified atom stereocenters. The minimum absolute atomic E-state index is 0.0984. The molecule has 17 heavy (non-hydrogen) atoms. The molecule has 0 saturated heterocycles. The largest absolute Gasteiger partial charge is 0.481 e. The van der Waals surface area contributed by atoms with Crippen LogP contribution in [-0.2, 0) is 17.0 Å². The van der Waals surface area contributed by atoms with Gasteiger partial charge in [0.15, 0.2) is 0 Å². The van der Waals surface area contributed by atoms with Crippen molar-refractivity contribution in [1.29, 1.82) is 0 Å². The third-order valence-corrected chi connectivity index (χ3v) is 4.50. The van der Waals surface area contributed by atoms with E-state index in [1.165, 1.54) is 4.21 Å². The zero-order valence-electron chi connectivity index (χ0n) is 9.13. The molecule has 1 aromatic carbocycles. The molecule has 0 bridgehead atoms. The molecular weight excluding hydrogens is 252 g/mol. The molecule has 0 radical (unpaired) electrons. The number of hydrogen-bond donors (Lipinski definition) is 1. The van der Waals surface area contributed by atoms with Crippen molar-refractivity contribution in [1.82, 2.24) is 0 Å². The molecule has 2 aromatic rings. The van der Waals surface area contributed by atoms with Crippen LogP contribution >= 0.6 is 23.1 Å². The van der Waals surface area contributed by atoms with E-state index in [1.54, 1.807) is 23.1 Å². The molecule has 0 amide bonds. The predicted molar refractivity (Wildman–Crippen MR) is 71.7 cm³/mol. The number of carboxylic acids is 1. The Morgan fingerprint density at radius 2 is 1.94 bits per heavy atom. The topological polar surface area (TPSA) is 37.3 Å². The lowest BCUT2D eigenvalue weighted by Gasteiger charge is -2.06. The van der Waals surface area contributed by atoms with Crippen molar-refractivity contribution >= 4 is 29.1 Å². The molecule has 0 atom stereocenters. The second-order valence-corrected chi connectivity index (χ2v) is 5.78. The molecule has 1 N–H and O–H groups in total.